The molecular formula is C27H34ClFN8O3. The lowest BCUT2D eigenvalue weighted by atomic mass is 9.91. The van der Waals surface area contributed by atoms with Crippen LogP contribution >= 0.6 is 11.6 Å². The largest absolute Gasteiger partial charge is 0.349 e. The summed E-state index contributed by atoms with van der Waals surface area (Å²) >= 11 is 5.68. The van der Waals surface area contributed by atoms with Crippen molar-refractivity contribution in [1.82, 2.24) is 25.0 Å². The molecule has 0 spiro atoms. The van der Waals surface area contributed by atoms with Gasteiger partial charge in [-0.3, -0.25) is 4.79 Å². The summed E-state index contributed by atoms with van der Waals surface area (Å²) in [5.74, 6) is 0.0769. The Morgan fingerprint density at radius 2 is 2.00 bits per heavy atom. The molecule has 1 aliphatic heterocycles. The van der Waals surface area contributed by atoms with E-state index in [2.05, 4.69) is 46.6 Å². The van der Waals surface area contributed by atoms with Gasteiger partial charge in [0.15, 0.2) is 5.03 Å². The zero-order valence-corrected chi connectivity index (χ0v) is 23.9. The number of carbonyl (C=O) groups is 1. The third-order valence-corrected chi connectivity index (χ3v) is 6.47. The Labute approximate surface area is 237 Å². The summed E-state index contributed by atoms with van der Waals surface area (Å²) in [6.07, 6.45) is 2.66. The molecule has 3 aromatic rings. The zero-order chi connectivity index (χ0) is 29.4. The number of halogens is 2. The van der Waals surface area contributed by atoms with Crippen LogP contribution in [0.4, 0.5) is 10.1 Å². The van der Waals surface area contributed by atoms with Crippen LogP contribution in [-0.4, -0.2) is 49.7 Å². The second-order valence-electron chi connectivity index (χ2n) is 9.95. The van der Waals surface area contributed by atoms with Gasteiger partial charge in [-0.15, -0.1) is 0 Å². The highest BCUT2D eigenvalue weighted by Crippen LogP contribution is 2.30. The second-order valence-corrected chi connectivity index (χ2v) is 10.3. The third-order valence-electron chi connectivity index (χ3n) is 6.25. The summed E-state index contributed by atoms with van der Waals surface area (Å²) in [6, 6.07) is 11.2. The van der Waals surface area contributed by atoms with Crippen molar-refractivity contribution in [3.05, 3.63) is 86.2 Å². The lowest BCUT2D eigenvalue weighted by Gasteiger charge is -2.18. The molecule has 11 nitrogen and oxygen atoms in total. The van der Waals surface area contributed by atoms with Gasteiger partial charge in [0.05, 0.1) is 5.69 Å². The fourth-order valence-corrected chi connectivity index (χ4v) is 4.63. The van der Waals surface area contributed by atoms with E-state index in [0.29, 0.717) is 42.3 Å². The molecule has 1 aliphatic rings. The number of carbonyl (C=O) groups excluding carboxylic acids is 1. The fraction of sp³-hybridized carbons (Fsp3) is 0.407. The molecule has 13 heteroatoms. The Morgan fingerprint density at radius 1 is 1.27 bits per heavy atom. The lowest BCUT2D eigenvalue weighted by Crippen LogP contribution is -2.30. The molecule has 4 rings (SSSR count). The number of aryl methyl sites for hydroxylation is 2. The van der Waals surface area contributed by atoms with E-state index in [1.54, 1.807) is 24.1 Å². The maximum Gasteiger partial charge on any atom is 0.271 e. The van der Waals surface area contributed by atoms with E-state index in [1.165, 1.54) is 7.05 Å². The number of aromatic nitrogens is 3. The summed E-state index contributed by atoms with van der Waals surface area (Å²) in [6.45, 7) is 9.96. The monoisotopic (exact) mass is 572 g/mol. The molecule has 0 bridgehead atoms. The van der Waals surface area contributed by atoms with Crippen LogP contribution in [0.25, 0.3) is 0 Å². The molecule has 214 valence electrons. The van der Waals surface area contributed by atoms with Crippen LogP contribution < -0.4 is 10.6 Å². The Morgan fingerprint density at radius 3 is 2.60 bits per heavy atom. The first-order chi connectivity index (χ1) is 19.0. The number of pyridine rings is 1. The molecule has 0 radical (unpaired) electrons. The molecule has 2 aromatic heterocycles. The lowest BCUT2D eigenvalue weighted by molar-refractivity contribution is -0.485. The summed E-state index contributed by atoms with van der Waals surface area (Å²) in [7, 11) is 1.48. The third kappa shape index (κ3) is 8.22. The topological polar surface area (TPSA) is 131 Å². The van der Waals surface area contributed by atoms with Crippen molar-refractivity contribution in [2.75, 3.05) is 18.4 Å². The number of guanidine groups is 1. The summed E-state index contributed by atoms with van der Waals surface area (Å²) in [5, 5.41) is 23.0. The van der Waals surface area contributed by atoms with Crippen LogP contribution in [0, 0.1) is 28.9 Å². The maximum absolute atomic E-state index is 14.0. The standard InChI is InChI=1S/C18H24FN3O.C9H10ClN5O2/c1-11(2)10-12(3)14-8-6-7-9-15(14)20-18(23)16-13(4)21-22(5)17(16)19;10-8-2-1-7(5-12-8)6-14-4-3-11-9(14)13-15(16)17/h6-9,11-12H,10H2,1-5H3,(H,20,23);1-2,5H,3-4,6H2,(H,11,13). The average molecular weight is 573 g/mol. The minimum absolute atomic E-state index is 0.00110. The number of nitro groups is 1. The number of hydrogen-bond donors (Lipinski definition) is 2. The first kappa shape index (κ1) is 30.5. The van der Waals surface area contributed by atoms with Crippen molar-refractivity contribution in [1.29, 1.82) is 0 Å². The van der Waals surface area contributed by atoms with Gasteiger partial charge in [-0.25, -0.2) is 19.8 Å². The van der Waals surface area contributed by atoms with Crippen molar-refractivity contribution in [3.63, 3.8) is 0 Å². The molecule has 1 aromatic carbocycles. The number of benzene rings is 1. The van der Waals surface area contributed by atoms with E-state index < -0.39 is 16.9 Å². The number of rotatable bonds is 8. The van der Waals surface area contributed by atoms with Crippen LogP contribution in [0.15, 0.2) is 47.7 Å². The predicted molar refractivity (Wildman–Crippen MR) is 152 cm³/mol. The van der Waals surface area contributed by atoms with Gasteiger partial charge >= 0.3 is 0 Å². The smallest absolute Gasteiger partial charge is 0.271 e. The minimum atomic E-state index is -0.708. The van der Waals surface area contributed by atoms with Gasteiger partial charge < -0.3 is 15.5 Å². The van der Waals surface area contributed by atoms with Gasteiger partial charge in [-0.05, 0) is 48.4 Å². The van der Waals surface area contributed by atoms with Crippen LogP contribution in [0.3, 0.4) is 0 Å². The second kappa shape index (κ2) is 13.8. The van der Waals surface area contributed by atoms with E-state index in [0.717, 1.165) is 27.9 Å². The molecule has 40 heavy (non-hydrogen) atoms. The number of hydrogen-bond acceptors (Lipinski definition) is 5. The van der Waals surface area contributed by atoms with E-state index in [9.17, 15) is 19.3 Å². The van der Waals surface area contributed by atoms with Crippen molar-refractivity contribution >= 4 is 29.2 Å². The molecule has 0 aliphatic carbocycles. The molecule has 0 saturated carbocycles. The highest BCUT2D eigenvalue weighted by molar-refractivity contribution is 6.29. The highest BCUT2D eigenvalue weighted by atomic mass is 35.5. The molecule has 1 fully saturated rings. The minimum Gasteiger partial charge on any atom is -0.349 e. The number of hydrazone groups is 1. The molecule has 3 heterocycles. The van der Waals surface area contributed by atoms with E-state index in [1.807, 2.05) is 30.3 Å². The fourth-order valence-electron chi connectivity index (χ4n) is 4.52. The first-order valence-corrected chi connectivity index (χ1v) is 13.3. The quantitative estimate of drug-likeness (QED) is 0.222. The summed E-state index contributed by atoms with van der Waals surface area (Å²) < 4.78 is 15.1. The van der Waals surface area contributed by atoms with Crippen molar-refractivity contribution in [3.8, 4) is 0 Å². The SMILES string of the molecule is Cc1nn(C)c(F)c1C(=O)Nc1ccccc1C(C)CC(C)C.O=[N+]([O-])/N=C1\NCCN1Cc1ccc(Cl)nc1. The normalized spacial score (nSPS) is 14.5. The number of amides is 1. The Kier molecular flexibility index (Phi) is 10.5. The van der Waals surface area contributed by atoms with Crippen LogP contribution in [0.1, 0.15) is 60.3 Å². The van der Waals surface area contributed by atoms with Gasteiger partial charge in [-0.1, -0.05) is 56.6 Å². The summed E-state index contributed by atoms with van der Waals surface area (Å²) in [4.78, 5) is 28.5. The van der Waals surface area contributed by atoms with Crippen molar-refractivity contribution in [2.24, 2.45) is 18.1 Å². The van der Waals surface area contributed by atoms with Gasteiger partial charge in [0.25, 0.3) is 11.9 Å². The molecular weight excluding hydrogens is 539 g/mol. The predicted octanol–water partition coefficient (Wildman–Crippen LogP) is 4.96. The number of para-hydroxylation sites is 1. The average Bonchev–Trinajstić information content (AvgIpc) is 3.42. The number of nitrogens with zero attached hydrogens (tertiary/aromatic N) is 6. The van der Waals surface area contributed by atoms with Crippen molar-refractivity contribution < 1.29 is 14.2 Å². The Hall–Kier alpha value is -4.06. The van der Waals surface area contributed by atoms with E-state index in [-0.39, 0.29) is 11.5 Å². The molecule has 1 saturated heterocycles. The molecule has 1 unspecified atom stereocenters. The number of nitrogens with one attached hydrogen (secondary N) is 2. The van der Waals surface area contributed by atoms with Crippen molar-refractivity contribution in [2.45, 2.75) is 46.6 Å². The van der Waals surface area contributed by atoms with Gasteiger partial charge in [-0.2, -0.15) is 9.49 Å². The van der Waals surface area contributed by atoms with Crippen LogP contribution in [0.2, 0.25) is 5.15 Å². The highest BCUT2D eigenvalue weighted by Gasteiger charge is 2.23. The first-order valence-electron chi connectivity index (χ1n) is 12.9. The summed E-state index contributed by atoms with van der Waals surface area (Å²) in [5.41, 5.74) is 3.10. The van der Waals surface area contributed by atoms with Crippen LogP contribution in [-0.2, 0) is 13.6 Å². The van der Waals surface area contributed by atoms with Gasteiger partial charge in [0, 0.05) is 38.6 Å². The zero-order valence-electron chi connectivity index (χ0n) is 23.2. The van der Waals surface area contributed by atoms with Gasteiger partial charge in [0.2, 0.25) is 5.95 Å². The number of anilines is 1. The molecule has 1 amide bonds. The Bertz CT molecular complexity index is 1360. The molecule has 1 atom stereocenters. The Balaban J connectivity index is 0.000000230. The van der Waals surface area contributed by atoms with E-state index >= 15 is 0 Å². The molecule has 2 N–H and O–H groups in total. The maximum atomic E-state index is 14.0. The van der Waals surface area contributed by atoms with Gasteiger partial charge in [0.1, 0.15) is 15.8 Å². The van der Waals surface area contributed by atoms with E-state index in [4.69, 9.17) is 11.6 Å². The van der Waals surface area contributed by atoms with Crippen LogP contribution in [0.5, 0.6) is 0 Å².